The van der Waals surface area contributed by atoms with Crippen molar-refractivity contribution in [3.05, 3.63) is 29.8 Å². The molecule has 0 heterocycles. The van der Waals surface area contributed by atoms with Gasteiger partial charge in [0.15, 0.2) is 9.84 Å². The van der Waals surface area contributed by atoms with Crippen LogP contribution in [0, 0.1) is 0 Å². The molecule has 0 spiro atoms. The fraction of sp³-hybridized carbons (Fsp3) is 0.500. The Balaban J connectivity index is 2.40. The highest BCUT2D eigenvalue weighted by Crippen LogP contribution is 2.19. The second-order valence-electron chi connectivity index (χ2n) is 4.86. The molecule has 0 radical (unpaired) electrons. The van der Waals surface area contributed by atoms with E-state index in [1.807, 2.05) is 19.1 Å². The SMILES string of the molecule is CCS(=O)(=O)CCNC(=O)CC(C)c1ccc(N)cc1. The van der Waals surface area contributed by atoms with Crippen LogP contribution >= 0.6 is 0 Å². The van der Waals surface area contributed by atoms with Gasteiger partial charge in [-0.1, -0.05) is 26.0 Å². The molecule has 0 aliphatic rings. The molecule has 0 aliphatic heterocycles. The number of benzene rings is 1. The van der Waals surface area contributed by atoms with Gasteiger partial charge in [-0.15, -0.1) is 0 Å². The summed E-state index contributed by atoms with van der Waals surface area (Å²) in [4.78, 5) is 11.7. The molecule has 0 saturated heterocycles. The van der Waals surface area contributed by atoms with Crippen LogP contribution in [0.4, 0.5) is 5.69 Å². The van der Waals surface area contributed by atoms with Gasteiger partial charge < -0.3 is 11.1 Å². The summed E-state index contributed by atoms with van der Waals surface area (Å²) in [5.74, 6) is 0.0231. The first-order valence-corrected chi connectivity index (χ1v) is 8.48. The van der Waals surface area contributed by atoms with Crippen molar-refractivity contribution in [2.45, 2.75) is 26.2 Å². The van der Waals surface area contributed by atoms with Crippen molar-refractivity contribution >= 4 is 21.4 Å². The second-order valence-corrected chi connectivity index (χ2v) is 7.33. The first-order chi connectivity index (χ1) is 9.34. The van der Waals surface area contributed by atoms with E-state index in [-0.39, 0.29) is 29.9 Å². The Kier molecular flexibility index (Phi) is 6.01. The van der Waals surface area contributed by atoms with Crippen LogP contribution in [-0.2, 0) is 14.6 Å². The van der Waals surface area contributed by atoms with Crippen molar-refractivity contribution in [3.8, 4) is 0 Å². The predicted octanol–water partition coefficient (Wildman–Crippen LogP) is 1.31. The molecule has 1 amide bonds. The highest BCUT2D eigenvalue weighted by Gasteiger charge is 2.12. The highest BCUT2D eigenvalue weighted by atomic mass is 32.2. The summed E-state index contributed by atoms with van der Waals surface area (Å²) in [5, 5.41) is 2.64. The molecule has 6 heteroatoms. The average Bonchev–Trinajstić information content (AvgIpc) is 2.39. The molecule has 0 fully saturated rings. The van der Waals surface area contributed by atoms with Crippen LogP contribution in [0.25, 0.3) is 0 Å². The highest BCUT2D eigenvalue weighted by molar-refractivity contribution is 7.91. The van der Waals surface area contributed by atoms with Gasteiger partial charge in [0.2, 0.25) is 5.91 Å². The number of carbonyl (C=O) groups excluding carboxylic acids is 1. The van der Waals surface area contributed by atoms with Crippen LogP contribution < -0.4 is 11.1 Å². The first-order valence-electron chi connectivity index (χ1n) is 6.66. The standard InChI is InChI=1S/C14H22N2O3S/c1-3-20(18,19)9-8-16-14(17)10-11(2)12-4-6-13(15)7-5-12/h4-7,11H,3,8-10,15H2,1-2H3,(H,16,17). The smallest absolute Gasteiger partial charge is 0.220 e. The van der Waals surface area contributed by atoms with Crippen LogP contribution in [0.2, 0.25) is 0 Å². The molecular weight excluding hydrogens is 276 g/mol. The fourth-order valence-corrected chi connectivity index (χ4v) is 2.48. The van der Waals surface area contributed by atoms with Gasteiger partial charge in [-0.25, -0.2) is 8.42 Å². The molecule has 1 aromatic rings. The molecule has 112 valence electrons. The van der Waals surface area contributed by atoms with E-state index in [2.05, 4.69) is 5.32 Å². The monoisotopic (exact) mass is 298 g/mol. The molecule has 0 aliphatic carbocycles. The minimum atomic E-state index is -3.03. The number of amides is 1. The van der Waals surface area contributed by atoms with Crippen molar-refractivity contribution in [2.24, 2.45) is 0 Å². The molecule has 20 heavy (non-hydrogen) atoms. The molecule has 1 atom stereocenters. The maximum absolute atomic E-state index is 11.7. The quantitative estimate of drug-likeness (QED) is 0.743. The van der Waals surface area contributed by atoms with Crippen LogP contribution in [0.15, 0.2) is 24.3 Å². The van der Waals surface area contributed by atoms with Crippen LogP contribution in [0.3, 0.4) is 0 Å². The Hall–Kier alpha value is -1.56. The Bertz CT molecular complexity index is 538. The molecule has 3 N–H and O–H groups in total. The summed E-state index contributed by atoms with van der Waals surface area (Å²) in [5.41, 5.74) is 7.34. The molecule has 0 aromatic heterocycles. The third-order valence-corrected chi connectivity index (χ3v) is 4.88. The van der Waals surface area contributed by atoms with E-state index in [0.717, 1.165) is 5.56 Å². The fourth-order valence-electron chi connectivity index (χ4n) is 1.78. The minimum absolute atomic E-state index is 0.00844. The number of nitrogen functional groups attached to an aromatic ring is 1. The third-order valence-electron chi connectivity index (χ3n) is 3.17. The lowest BCUT2D eigenvalue weighted by molar-refractivity contribution is -0.121. The molecule has 1 rings (SSSR count). The van der Waals surface area contributed by atoms with E-state index in [1.165, 1.54) is 0 Å². The van der Waals surface area contributed by atoms with Crippen molar-refractivity contribution in [1.82, 2.24) is 5.32 Å². The van der Waals surface area contributed by atoms with E-state index in [1.54, 1.807) is 19.1 Å². The van der Waals surface area contributed by atoms with Gasteiger partial charge in [0.05, 0.1) is 5.75 Å². The zero-order chi connectivity index (χ0) is 15.2. The van der Waals surface area contributed by atoms with Crippen molar-refractivity contribution < 1.29 is 13.2 Å². The number of hydrogen-bond acceptors (Lipinski definition) is 4. The Morgan fingerprint density at radius 1 is 1.30 bits per heavy atom. The minimum Gasteiger partial charge on any atom is -0.399 e. The zero-order valence-corrected chi connectivity index (χ0v) is 12.7. The number of nitrogens with one attached hydrogen (secondary N) is 1. The van der Waals surface area contributed by atoms with Gasteiger partial charge in [0.25, 0.3) is 0 Å². The Labute approximate surface area is 120 Å². The lowest BCUT2D eigenvalue weighted by Crippen LogP contribution is -2.30. The topological polar surface area (TPSA) is 89.3 Å². The van der Waals surface area contributed by atoms with E-state index in [4.69, 9.17) is 5.73 Å². The number of rotatable bonds is 7. The van der Waals surface area contributed by atoms with Crippen molar-refractivity contribution in [3.63, 3.8) is 0 Å². The zero-order valence-electron chi connectivity index (χ0n) is 11.9. The van der Waals surface area contributed by atoms with Gasteiger partial charge >= 0.3 is 0 Å². The van der Waals surface area contributed by atoms with E-state index >= 15 is 0 Å². The van der Waals surface area contributed by atoms with Crippen LogP contribution in [-0.4, -0.2) is 32.4 Å². The summed E-state index contributed by atoms with van der Waals surface area (Å²) in [7, 11) is -3.03. The maximum Gasteiger partial charge on any atom is 0.220 e. The van der Waals surface area contributed by atoms with Crippen molar-refractivity contribution in [1.29, 1.82) is 0 Å². The largest absolute Gasteiger partial charge is 0.399 e. The number of hydrogen-bond donors (Lipinski definition) is 2. The molecule has 0 saturated carbocycles. The van der Waals surface area contributed by atoms with Gasteiger partial charge in [-0.3, -0.25) is 4.79 Å². The van der Waals surface area contributed by atoms with Crippen LogP contribution in [0.5, 0.6) is 0 Å². The van der Waals surface area contributed by atoms with E-state index < -0.39 is 9.84 Å². The molecule has 1 aromatic carbocycles. The van der Waals surface area contributed by atoms with Gasteiger partial charge in [0, 0.05) is 24.4 Å². The Morgan fingerprint density at radius 3 is 2.45 bits per heavy atom. The number of carbonyl (C=O) groups is 1. The van der Waals surface area contributed by atoms with Gasteiger partial charge in [-0.2, -0.15) is 0 Å². The summed E-state index contributed by atoms with van der Waals surface area (Å²) < 4.78 is 22.6. The number of nitrogens with two attached hydrogens (primary N) is 1. The summed E-state index contributed by atoms with van der Waals surface area (Å²) in [6, 6.07) is 7.40. The maximum atomic E-state index is 11.7. The molecule has 5 nitrogen and oxygen atoms in total. The number of anilines is 1. The summed E-state index contributed by atoms with van der Waals surface area (Å²) >= 11 is 0. The third kappa shape index (κ3) is 5.61. The van der Waals surface area contributed by atoms with Gasteiger partial charge in [-0.05, 0) is 23.6 Å². The normalized spacial score (nSPS) is 12.9. The Morgan fingerprint density at radius 2 is 1.90 bits per heavy atom. The molecule has 1 unspecified atom stereocenters. The average molecular weight is 298 g/mol. The van der Waals surface area contributed by atoms with E-state index in [9.17, 15) is 13.2 Å². The van der Waals surface area contributed by atoms with E-state index in [0.29, 0.717) is 12.1 Å². The predicted molar refractivity (Wildman–Crippen MR) is 81.2 cm³/mol. The summed E-state index contributed by atoms with van der Waals surface area (Å²) in [6.07, 6.45) is 0.329. The molecular formula is C14H22N2O3S. The molecule has 0 bridgehead atoms. The van der Waals surface area contributed by atoms with Crippen LogP contribution in [0.1, 0.15) is 31.7 Å². The second kappa shape index (κ2) is 7.28. The lowest BCUT2D eigenvalue weighted by atomic mass is 9.97. The lowest BCUT2D eigenvalue weighted by Gasteiger charge is -2.12. The van der Waals surface area contributed by atoms with Crippen molar-refractivity contribution in [2.75, 3.05) is 23.8 Å². The van der Waals surface area contributed by atoms with Gasteiger partial charge in [0.1, 0.15) is 0 Å². The number of sulfone groups is 1. The first kappa shape index (κ1) is 16.5. The summed E-state index contributed by atoms with van der Waals surface area (Å²) in [6.45, 7) is 3.72.